The number of carbonyl (C=O) groups is 2. The maximum absolute atomic E-state index is 12.3. The Balaban J connectivity index is 1.54. The van der Waals surface area contributed by atoms with Gasteiger partial charge in [0.2, 0.25) is 11.8 Å². The van der Waals surface area contributed by atoms with Gasteiger partial charge in [-0.1, -0.05) is 55.5 Å². The summed E-state index contributed by atoms with van der Waals surface area (Å²) >= 11 is 1.32. The van der Waals surface area contributed by atoms with E-state index in [1.54, 1.807) is 5.38 Å². The van der Waals surface area contributed by atoms with Gasteiger partial charge in [0, 0.05) is 11.1 Å². The SMILES string of the molecule is CCc1ccccc1NC(=O)Cc1csc(NC(=O)Cc2ccccc2)n1. The Bertz CT molecular complexity index is 922. The van der Waals surface area contributed by atoms with Gasteiger partial charge in [0.15, 0.2) is 5.13 Å². The molecular formula is C21H21N3O2S. The number of rotatable bonds is 7. The molecule has 0 radical (unpaired) electrons. The maximum atomic E-state index is 12.3. The molecule has 0 bridgehead atoms. The smallest absolute Gasteiger partial charge is 0.230 e. The molecule has 0 aliphatic carbocycles. The lowest BCUT2D eigenvalue weighted by molar-refractivity contribution is -0.116. The van der Waals surface area contributed by atoms with Gasteiger partial charge >= 0.3 is 0 Å². The number of nitrogens with one attached hydrogen (secondary N) is 2. The molecule has 1 aromatic heterocycles. The molecule has 1 heterocycles. The van der Waals surface area contributed by atoms with Gasteiger partial charge in [-0.05, 0) is 23.6 Å². The van der Waals surface area contributed by atoms with Crippen LogP contribution in [0.4, 0.5) is 10.8 Å². The molecule has 0 spiro atoms. The van der Waals surface area contributed by atoms with Crippen molar-refractivity contribution in [3.8, 4) is 0 Å². The van der Waals surface area contributed by atoms with Crippen LogP contribution >= 0.6 is 11.3 Å². The average molecular weight is 379 g/mol. The van der Waals surface area contributed by atoms with Crippen LogP contribution in [0.5, 0.6) is 0 Å². The molecule has 27 heavy (non-hydrogen) atoms. The number of amides is 2. The Kier molecular flexibility index (Phi) is 6.33. The number of aromatic nitrogens is 1. The van der Waals surface area contributed by atoms with Crippen molar-refractivity contribution < 1.29 is 9.59 Å². The minimum atomic E-state index is -0.122. The van der Waals surface area contributed by atoms with Crippen LogP contribution in [0.3, 0.4) is 0 Å². The van der Waals surface area contributed by atoms with Gasteiger partial charge in [-0.25, -0.2) is 4.98 Å². The Labute approximate surface area is 162 Å². The molecule has 2 amide bonds. The zero-order chi connectivity index (χ0) is 19.1. The maximum Gasteiger partial charge on any atom is 0.230 e. The molecule has 0 saturated heterocycles. The molecule has 6 heteroatoms. The number of benzene rings is 2. The second-order valence-electron chi connectivity index (χ2n) is 6.09. The predicted molar refractivity (Wildman–Crippen MR) is 109 cm³/mol. The fourth-order valence-electron chi connectivity index (χ4n) is 2.70. The zero-order valence-electron chi connectivity index (χ0n) is 15.1. The molecule has 0 atom stereocenters. The molecule has 2 aromatic carbocycles. The van der Waals surface area contributed by atoms with E-state index in [0.29, 0.717) is 17.2 Å². The third-order valence-corrected chi connectivity index (χ3v) is 4.83. The molecular weight excluding hydrogens is 358 g/mol. The van der Waals surface area contributed by atoms with E-state index in [9.17, 15) is 9.59 Å². The summed E-state index contributed by atoms with van der Waals surface area (Å²) < 4.78 is 0. The van der Waals surface area contributed by atoms with Crippen molar-refractivity contribution in [2.24, 2.45) is 0 Å². The van der Waals surface area contributed by atoms with E-state index in [4.69, 9.17) is 0 Å². The standard InChI is InChI=1S/C21H21N3O2S/c1-2-16-10-6-7-11-18(16)23-20(26)13-17-14-27-21(22-17)24-19(25)12-15-8-4-3-5-9-15/h3-11,14H,2,12-13H2,1H3,(H,23,26)(H,22,24,25). The lowest BCUT2D eigenvalue weighted by atomic mass is 10.1. The predicted octanol–water partition coefficient (Wildman–Crippen LogP) is 4.07. The fourth-order valence-corrected chi connectivity index (χ4v) is 3.43. The highest BCUT2D eigenvalue weighted by Crippen LogP contribution is 2.18. The molecule has 0 aliphatic rings. The highest BCUT2D eigenvalue weighted by atomic mass is 32.1. The molecule has 138 valence electrons. The van der Waals surface area contributed by atoms with Crippen molar-refractivity contribution in [2.75, 3.05) is 10.6 Å². The third kappa shape index (κ3) is 5.49. The van der Waals surface area contributed by atoms with Crippen LogP contribution < -0.4 is 10.6 Å². The lowest BCUT2D eigenvalue weighted by Gasteiger charge is -2.08. The first kappa shape index (κ1) is 18.8. The largest absolute Gasteiger partial charge is 0.325 e. The van der Waals surface area contributed by atoms with Gasteiger partial charge in [-0.2, -0.15) is 0 Å². The van der Waals surface area contributed by atoms with Crippen LogP contribution in [-0.2, 0) is 28.9 Å². The Morgan fingerprint density at radius 3 is 2.41 bits per heavy atom. The molecule has 5 nitrogen and oxygen atoms in total. The summed E-state index contributed by atoms with van der Waals surface area (Å²) in [7, 11) is 0. The van der Waals surface area contributed by atoms with Crippen molar-refractivity contribution in [1.29, 1.82) is 0 Å². The summed E-state index contributed by atoms with van der Waals surface area (Å²) in [6.45, 7) is 2.05. The topological polar surface area (TPSA) is 71.1 Å². The van der Waals surface area contributed by atoms with Gasteiger partial charge in [0.05, 0.1) is 18.5 Å². The van der Waals surface area contributed by atoms with E-state index in [1.807, 2.05) is 54.6 Å². The minimum absolute atomic E-state index is 0.122. The number of hydrogen-bond acceptors (Lipinski definition) is 4. The molecule has 0 aliphatic heterocycles. The Hall–Kier alpha value is -2.99. The second-order valence-corrected chi connectivity index (χ2v) is 6.95. The number of para-hydroxylation sites is 1. The summed E-state index contributed by atoms with van der Waals surface area (Å²) in [6.07, 6.45) is 1.32. The van der Waals surface area contributed by atoms with E-state index in [0.717, 1.165) is 23.2 Å². The average Bonchev–Trinajstić information content (AvgIpc) is 3.09. The summed E-state index contributed by atoms with van der Waals surface area (Å²) in [5.74, 6) is -0.244. The summed E-state index contributed by atoms with van der Waals surface area (Å²) in [5, 5.41) is 8.02. The van der Waals surface area contributed by atoms with Crippen LogP contribution in [0.1, 0.15) is 23.7 Å². The van der Waals surface area contributed by atoms with Crippen LogP contribution in [0, 0.1) is 0 Å². The minimum Gasteiger partial charge on any atom is -0.325 e. The van der Waals surface area contributed by atoms with E-state index in [2.05, 4.69) is 22.5 Å². The van der Waals surface area contributed by atoms with E-state index >= 15 is 0 Å². The van der Waals surface area contributed by atoms with Crippen molar-refractivity contribution in [3.63, 3.8) is 0 Å². The fraction of sp³-hybridized carbons (Fsp3) is 0.190. The molecule has 0 fully saturated rings. The van der Waals surface area contributed by atoms with Crippen molar-refractivity contribution in [3.05, 3.63) is 76.8 Å². The highest BCUT2D eigenvalue weighted by molar-refractivity contribution is 7.13. The van der Waals surface area contributed by atoms with E-state index in [1.165, 1.54) is 11.3 Å². The Morgan fingerprint density at radius 2 is 1.63 bits per heavy atom. The second kappa shape index (κ2) is 9.09. The van der Waals surface area contributed by atoms with Gasteiger partial charge in [0.25, 0.3) is 0 Å². The Morgan fingerprint density at radius 1 is 0.926 bits per heavy atom. The molecule has 3 aromatic rings. The number of thiazole rings is 1. The first-order chi connectivity index (χ1) is 13.1. The summed E-state index contributed by atoms with van der Waals surface area (Å²) in [5.41, 5.74) is 3.51. The number of aryl methyl sites for hydroxylation is 1. The lowest BCUT2D eigenvalue weighted by Crippen LogP contribution is -2.16. The highest BCUT2D eigenvalue weighted by Gasteiger charge is 2.11. The van der Waals surface area contributed by atoms with E-state index < -0.39 is 0 Å². The summed E-state index contributed by atoms with van der Waals surface area (Å²) in [4.78, 5) is 28.7. The molecule has 0 saturated carbocycles. The number of carbonyl (C=O) groups excluding carboxylic acids is 2. The first-order valence-corrected chi connectivity index (χ1v) is 9.68. The van der Waals surface area contributed by atoms with Gasteiger partial charge in [-0.15, -0.1) is 11.3 Å². The van der Waals surface area contributed by atoms with Crippen molar-refractivity contribution >= 4 is 34.0 Å². The summed E-state index contributed by atoms with van der Waals surface area (Å²) in [6, 6.07) is 17.3. The van der Waals surface area contributed by atoms with Crippen LogP contribution in [0.2, 0.25) is 0 Å². The zero-order valence-corrected chi connectivity index (χ0v) is 15.9. The monoisotopic (exact) mass is 379 g/mol. The molecule has 3 rings (SSSR count). The van der Waals surface area contributed by atoms with Gasteiger partial charge in [0.1, 0.15) is 0 Å². The third-order valence-electron chi connectivity index (χ3n) is 4.02. The van der Waals surface area contributed by atoms with Crippen LogP contribution in [0.15, 0.2) is 60.0 Å². The van der Waals surface area contributed by atoms with Gasteiger partial charge < -0.3 is 10.6 Å². The normalized spacial score (nSPS) is 10.4. The van der Waals surface area contributed by atoms with Gasteiger partial charge in [-0.3, -0.25) is 9.59 Å². The molecule has 2 N–H and O–H groups in total. The van der Waals surface area contributed by atoms with Crippen LogP contribution in [-0.4, -0.2) is 16.8 Å². The molecule has 0 unspecified atom stereocenters. The number of anilines is 2. The first-order valence-electron chi connectivity index (χ1n) is 8.80. The number of hydrogen-bond donors (Lipinski definition) is 2. The quantitative estimate of drug-likeness (QED) is 0.650. The van der Waals surface area contributed by atoms with Crippen molar-refractivity contribution in [2.45, 2.75) is 26.2 Å². The number of nitrogens with zero attached hydrogens (tertiary/aromatic N) is 1. The van der Waals surface area contributed by atoms with E-state index in [-0.39, 0.29) is 18.2 Å². The van der Waals surface area contributed by atoms with Crippen molar-refractivity contribution in [1.82, 2.24) is 4.98 Å². The van der Waals surface area contributed by atoms with Crippen LogP contribution in [0.25, 0.3) is 0 Å².